The first kappa shape index (κ1) is 22.5. The van der Waals surface area contributed by atoms with Crippen LogP contribution >= 0.6 is 0 Å². The van der Waals surface area contributed by atoms with Crippen molar-refractivity contribution in [2.24, 2.45) is 0 Å². The van der Waals surface area contributed by atoms with Crippen LogP contribution in [0.15, 0.2) is 54.6 Å². The highest BCUT2D eigenvalue weighted by Crippen LogP contribution is 2.20. The van der Waals surface area contributed by atoms with Crippen molar-refractivity contribution in [2.45, 2.75) is 37.8 Å². The predicted molar refractivity (Wildman–Crippen MR) is 106 cm³/mol. The van der Waals surface area contributed by atoms with Gasteiger partial charge in [0.05, 0.1) is 0 Å². The number of hydrogen-bond acceptors (Lipinski definition) is 4. The van der Waals surface area contributed by atoms with E-state index in [1.807, 2.05) is 54.6 Å². The van der Waals surface area contributed by atoms with Crippen molar-refractivity contribution in [3.8, 4) is 11.8 Å². The summed E-state index contributed by atoms with van der Waals surface area (Å²) in [7, 11) is 0. The Hall–Kier alpha value is -2.79. The fourth-order valence-electron chi connectivity index (χ4n) is 2.71. The molecule has 5 nitrogen and oxygen atoms in total. The smallest absolute Gasteiger partial charge is 0.268 e. The van der Waals surface area contributed by atoms with Crippen LogP contribution in [0.2, 0.25) is 0 Å². The third kappa shape index (κ3) is 6.64. The standard InChI is InChI=1S/C22H24F2N2O3/c1-22(28,21(23)24)19(20(27)26-29)25-15-5-8-17-10-13-18(14-11-17)12-9-16-6-3-2-4-7-16/h2-4,6-7,10-11,13-14,19,21,25,28-29H,5,8,15H2,1H3,(H,26,27)/t19-,22+/m1/s1. The van der Waals surface area contributed by atoms with Crippen molar-refractivity contribution in [3.63, 3.8) is 0 Å². The molecule has 154 valence electrons. The van der Waals surface area contributed by atoms with Crippen molar-refractivity contribution in [1.82, 2.24) is 10.8 Å². The molecule has 1 amide bonds. The Kier molecular flexibility index (Phi) is 8.28. The van der Waals surface area contributed by atoms with Crippen molar-refractivity contribution >= 4 is 5.91 Å². The molecule has 7 heteroatoms. The number of hydrogen-bond donors (Lipinski definition) is 4. The normalized spacial score (nSPS) is 13.9. The number of carbonyl (C=O) groups is 1. The van der Waals surface area contributed by atoms with Gasteiger partial charge in [-0.3, -0.25) is 10.0 Å². The Morgan fingerprint density at radius 1 is 1.07 bits per heavy atom. The quantitative estimate of drug-likeness (QED) is 0.237. The number of aliphatic hydroxyl groups is 1. The summed E-state index contributed by atoms with van der Waals surface area (Å²) in [5, 5.41) is 21.1. The molecule has 4 N–H and O–H groups in total. The molecule has 0 spiro atoms. The second kappa shape index (κ2) is 10.7. The number of alkyl halides is 2. The molecule has 2 aromatic carbocycles. The van der Waals surface area contributed by atoms with Gasteiger partial charge in [0.15, 0.2) is 0 Å². The summed E-state index contributed by atoms with van der Waals surface area (Å²) in [4.78, 5) is 11.6. The lowest BCUT2D eigenvalue weighted by Gasteiger charge is -2.31. The van der Waals surface area contributed by atoms with Gasteiger partial charge in [-0.1, -0.05) is 42.2 Å². The molecule has 0 bridgehead atoms. The summed E-state index contributed by atoms with van der Waals surface area (Å²) in [6.45, 7) is 1.05. The Morgan fingerprint density at radius 2 is 1.66 bits per heavy atom. The number of hydroxylamine groups is 1. The predicted octanol–water partition coefficient (Wildman–Crippen LogP) is 2.50. The van der Waals surface area contributed by atoms with Crippen molar-refractivity contribution in [3.05, 3.63) is 71.3 Å². The van der Waals surface area contributed by atoms with E-state index in [9.17, 15) is 18.7 Å². The molecule has 2 aromatic rings. The van der Waals surface area contributed by atoms with Crippen LogP contribution in [0.5, 0.6) is 0 Å². The van der Waals surface area contributed by atoms with Gasteiger partial charge in [-0.2, -0.15) is 0 Å². The monoisotopic (exact) mass is 402 g/mol. The van der Waals surface area contributed by atoms with Crippen molar-refractivity contribution in [1.29, 1.82) is 0 Å². The first-order valence-electron chi connectivity index (χ1n) is 9.18. The van der Waals surface area contributed by atoms with Gasteiger partial charge in [-0.05, 0) is 56.1 Å². The zero-order chi connectivity index (χ0) is 21.3. The number of aryl methyl sites for hydroxylation is 1. The average Bonchev–Trinajstić information content (AvgIpc) is 2.73. The van der Waals surface area contributed by atoms with E-state index in [-0.39, 0.29) is 6.54 Å². The van der Waals surface area contributed by atoms with Crippen LogP contribution in [-0.4, -0.2) is 40.8 Å². The van der Waals surface area contributed by atoms with Crippen LogP contribution in [-0.2, 0) is 11.2 Å². The van der Waals surface area contributed by atoms with E-state index in [1.54, 1.807) is 0 Å². The van der Waals surface area contributed by atoms with Crippen molar-refractivity contribution in [2.75, 3.05) is 6.54 Å². The largest absolute Gasteiger partial charge is 0.382 e. The molecule has 0 fully saturated rings. The minimum Gasteiger partial charge on any atom is -0.382 e. The van der Waals surface area contributed by atoms with Gasteiger partial charge in [0.25, 0.3) is 12.3 Å². The number of nitrogens with one attached hydrogen (secondary N) is 2. The van der Waals surface area contributed by atoms with Crippen LogP contribution < -0.4 is 10.8 Å². The molecule has 0 aliphatic rings. The van der Waals surface area contributed by atoms with Crippen LogP contribution in [0.1, 0.15) is 30.0 Å². The maximum absolute atomic E-state index is 13.0. The molecular weight excluding hydrogens is 378 g/mol. The Labute approximate surface area is 168 Å². The van der Waals surface area contributed by atoms with E-state index in [4.69, 9.17) is 5.21 Å². The fraction of sp³-hybridized carbons (Fsp3) is 0.318. The van der Waals surface area contributed by atoms with E-state index in [1.165, 1.54) is 5.48 Å². The molecule has 0 aliphatic carbocycles. The lowest BCUT2D eigenvalue weighted by molar-refractivity contribution is -0.150. The van der Waals surface area contributed by atoms with Gasteiger partial charge in [0.1, 0.15) is 11.6 Å². The number of amides is 1. The molecule has 0 aromatic heterocycles. The summed E-state index contributed by atoms with van der Waals surface area (Å²) < 4.78 is 26.0. The summed E-state index contributed by atoms with van der Waals surface area (Å²) in [6.07, 6.45) is -1.96. The van der Waals surface area contributed by atoms with E-state index >= 15 is 0 Å². The van der Waals surface area contributed by atoms with Crippen LogP contribution in [0, 0.1) is 11.8 Å². The summed E-state index contributed by atoms with van der Waals surface area (Å²) in [6, 6.07) is 15.7. The van der Waals surface area contributed by atoms with Gasteiger partial charge >= 0.3 is 0 Å². The molecule has 0 saturated carbocycles. The van der Waals surface area contributed by atoms with Gasteiger partial charge in [0, 0.05) is 11.1 Å². The lowest BCUT2D eigenvalue weighted by Crippen LogP contribution is -2.60. The minimum absolute atomic E-state index is 0.205. The molecule has 2 atom stereocenters. The molecular formula is C22H24F2N2O3. The van der Waals surface area contributed by atoms with Crippen LogP contribution in [0.3, 0.4) is 0 Å². The number of carbonyl (C=O) groups excluding carboxylic acids is 1. The number of halogens is 2. The van der Waals surface area contributed by atoms with Gasteiger partial charge in [0.2, 0.25) is 0 Å². The van der Waals surface area contributed by atoms with Gasteiger partial charge < -0.3 is 10.4 Å². The molecule has 0 unspecified atom stereocenters. The SMILES string of the molecule is C[C@@](O)(C(F)F)[C@H](NCCCc1ccc(C#Cc2ccccc2)cc1)C(=O)NO. The molecule has 29 heavy (non-hydrogen) atoms. The van der Waals surface area contributed by atoms with E-state index in [0.29, 0.717) is 12.8 Å². The summed E-state index contributed by atoms with van der Waals surface area (Å²) in [5.74, 6) is 5.05. The fourth-order valence-corrected chi connectivity index (χ4v) is 2.71. The highest BCUT2D eigenvalue weighted by Gasteiger charge is 2.44. The highest BCUT2D eigenvalue weighted by atomic mass is 19.3. The van der Waals surface area contributed by atoms with E-state index in [2.05, 4.69) is 17.2 Å². The van der Waals surface area contributed by atoms with Crippen LogP contribution in [0.25, 0.3) is 0 Å². The van der Waals surface area contributed by atoms with Crippen LogP contribution in [0.4, 0.5) is 8.78 Å². The first-order valence-corrected chi connectivity index (χ1v) is 9.18. The molecule has 2 rings (SSSR count). The summed E-state index contributed by atoms with van der Waals surface area (Å²) >= 11 is 0. The van der Waals surface area contributed by atoms with Gasteiger partial charge in [-0.25, -0.2) is 14.3 Å². The third-order valence-electron chi connectivity index (χ3n) is 4.47. The van der Waals surface area contributed by atoms with E-state index in [0.717, 1.165) is 23.6 Å². The Morgan fingerprint density at radius 3 is 2.21 bits per heavy atom. The molecule has 0 heterocycles. The maximum Gasteiger partial charge on any atom is 0.268 e. The zero-order valence-corrected chi connectivity index (χ0v) is 16.0. The minimum atomic E-state index is -3.15. The summed E-state index contributed by atoms with van der Waals surface area (Å²) in [5.41, 5.74) is 1.54. The number of benzene rings is 2. The highest BCUT2D eigenvalue weighted by molar-refractivity contribution is 5.82. The number of rotatable bonds is 8. The Bertz CT molecular complexity index is 844. The van der Waals surface area contributed by atoms with Gasteiger partial charge in [-0.15, -0.1) is 0 Å². The van der Waals surface area contributed by atoms with E-state index < -0.39 is 24.0 Å². The topological polar surface area (TPSA) is 81.6 Å². The second-order valence-corrected chi connectivity index (χ2v) is 6.81. The lowest BCUT2D eigenvalue weighted by atomic mass is 9.96. The first-order chi connectivity index (χ1) is 13.8. The maximum atomic E-state index is 13.0. The van der Waals surface area contributed by atoms with Crippen molar-refractivity contribution < 1.29 is 23.9 Å². The third-order valence-corrected chi connectivity index (χ3v) is 4.47. The average molecular weight is 402 g/mol. The molecule has 0 radical (unpaired) electrons. The zero-order valence-electron chi connectivity index (χ0n) is 16.0. The Balaban J connectivity index is 1.87. The second-order valence-electron chi connectivity index (χ2n) is 6.81. The molecule has 0 saturated heterocycles. The molecule has 0 aliphatic heterocycles.